The lowest BCUT2D eigenvalue weighted by atomic mass is 10.2. The number of amides is 1. The summed E-state index contributed by atoms with van der Waals surface area (Å²) < 4.78 is 13.8. The van der Waals surface area contributed by atoms with E-state index in [9.17, 15) is 19.2 Å². The molecule has 11 nitrogen and oxygen atoms in total. The Morgan fingerprint density at radius 1 is 1.12 bits per heavy atom. The highest BCUT2D eigenvalue weighted by molar-refractivity contribution is 5.98. The Labute approximate surface area is 195 Å². The van der Waals surface area contributed by atoms with Gasteiger partial charge in [0.1, 0.15) is 24.7 Å². The number of benzene rings is 1. The van der Waals surface area contributed by atoms with Crippen molar-refractivity contribution in [3.8, 4) is 5.75 Å². The maximum absolute atomic E-state index is 12.4. The lowest BCUT2D eigenvalue weighted by Gasteiger charge is -2.10. The second-order valence-corrected chi connectivity index (χ2v) is 7.48. The number of unbranched alkanes of at least 4 members (excludes halogenated alkanes) is 1. The van der Waals surface area contributed by atoms with Gasteiger partial charge in [-0.1, -0.05) is 25.5 Å². The molecule has 3 rings (SSSR count). The molecule has 3 aromatic rings. The normalized spacial score (nSPS) is 10.9. The van der Waals surface area contributed by atoms with E-state index in [1.807, 2.05) is 20.8 Å². The molecule has 0 unspecified atom stereocenters. The lowest BCUT2D eigenvalue weighted by Crippen LogP contribution is -2.31. The summed E-state index contributed by atoms with van der Waals surface area (Å²) in [6, 6.07) is 6.73. The third-order valence-electron chi connectivity index (χ3n) is 5.20. The van der Waals surface area contributed by atoms with Crippen LogP contribution < -0.4 is 21.3 Å². The minimum atomic E-state index is -0.672. The molecule has 11 heteroatoms. The third kappa shape index (κ3) is 5.36. The van der Waals surface area contributed by atoms with Crippen LogP contribution in [-0.2, 0) is 29.2 Å². The van der Waals surface area contributed by atoms with Gasteiger partial charge in [0.2, 0.25) is 0 Å². The number of H-pyrrole nitrogens is 1. The van der Waals surface area contributed by atoms with Gasteiger partial charge in [-0.2, -0.15) is 0 Å². The average Bonchev–Trinajstić information content (AvgIpc) is 3.20. The van der Waals surface area contributed by atoms with E-state index in [-0.39, 0.29) is 24.3 Å². The number of esters is 1. The smallest absolute Gasteiger partial charge is 0.330 e. The Morgan fingerprint density at radius 2 is 1.88 bits per heavy atom. The molecule has 2 heterocycles. The number of fused-ring (bicyclic) bond motifs is 1. The summed E-state index contributed by atoms with van der Waals surface area (Å²) >= 11 is 0. The Bertz CT molecular complexity index is 1290. The van der Waals surface area contributed by atoms with Gasteiger partial charge in [0, 0.05) is 13.1 Å². The molecule has 0 aliphatic rings. The lowest BCUT2D eigenvalue weighted by molar-refractivity contribution is -0.144. The van der Waals surface area contributed by atoms with E-state index in [2.05, 4.69) is 15.3 Å². The summed E-state index contributed by atoms with van der Waals surface area (Å²) in [5.41, 5.74) is -0.236. The molecule has 0 bridgehead atoms. The van der Waals surface area contributed by atoms with Crippen LogP contribution in [0.4, 0.5) is 0 Å². The molecule has 182 valence electrons. The summed E-state index contributed by atoms with van der Waals surface area (Å²) in [6.07, 6.45) is 1.61. The fourth-order valence-electron chi connectivity index (χ4n) is 3.57. The molecular formula is C23H29N5O6. The highest BCUT2D eigenvalue weighted by atomic mass is 16.5. The van der Waals surface area contributed by atoms with Gasteiger partial charge in [-0.25, -0.2) is 9.78 Å². The van der Waals surface area contributed by atoms with Crippen molar-refractivity contribution in [1.82, 2.24) is 24.4 Å². The van der Waals surface area contributed by atoms with Crippen LogP contribution in [0.2, 0.25) is 0 Å². The molecule has 0 atom stereocenters. The molecular weight excluding hydrogens is 442 g/mol. The summed E-state index contributed by atoms with van der Waals surface area (Å²) in [4.78, 5) is 56.2. The van der Waals surface area contributed by atoms with E-state index in [0.717, 1.165) is 12.8 Å². The summed E-state index contributed by atoms with van der Waals surface area (Å²) in [5.74, 6) is -0.380. The quantitative estimate of drug-likeness (QED) is 0.405. The van der Waals surface area contributed by atoms with Gasteiger partial charge in [0.25, 0.3) is 11.5 Å². The van der Waals surface area contributed by atoms with Crippen LogP contribution in [0.3, 0.4) is 0 Å². The number of carbonyl (C=O) groups excluding carboxylic acids is 2. The molecule has 0 aliphatic heterocycles. The minimum Gasteiger partial charge on any atom is -0.493 e. The van der Waals surface area contributed by atoms with Crippen molar-refractivity contribution in [3.63, 3.8) is 0 Å². The van der Waals surface area contributed by atoms with Crippen molar-refractivity contribution < 1.29 is 19.1 Å². The largest absolute Gasteiger partial charge is 0.493 e. The van der Waals surface area contributed by atoms with Crippen molar-refractivity contribution in [2.45, 2.75) is 53.3 Å². The highest BCUT2D eigenvalue weighted by Gasteiger charge is 2.19. The molecule has 34 heavy (non-hydrogen) atoms. The second-order valence-electron chi connectivity index (χ2n) is 7.48. The molecule has 0 aliphatic carbocycles. The minimum absolute atomic E-state index is 0.214. The molecule has 1 aromatic carbocycles. The Kier molecular flexibility index (Phi) is 8.23. The zero-order valence-electron chi connectivity index (χ0n) is 19.6. The molecule has 2 aromatic heterocycles. The first-order chi connectivity index (χ1) is 16.4. The molecule has 2 N–H and O–H groups in total. The van der Waals surface area contributed by atoms with Crippen molar-refractivity contribution in [2.75, 3.05) is 13.2 Å². The standard InChI is InChI=1S/C23H29N5O6/c1-4-7-12-28-20-19(22(31)26-23(28)32)27(5-2)17(25-20)14-34-18(29)13-24-21(30)15-10-8-9-11-16(15)33-6-3/h8-11H,4-7,12-14H2,1-3H3,(H,24,30)(H,26,31,32). The Hall–Kier alpha value is -3.89. The highest BCUT2D eigenvalue weighted by Crippen LogP contribution is 2.17. The van der Waals surface area contributed by atoms with Gasteiger partial charge < -0.3 is 19.4 Å². The zero-order chi connectivity index (χ0) is 24.7. The Balaban J connectivity index is 1.72. The van der Waals surface area contributed by atoms with E-state index in [1.54, 1.807) is 28.8 Å². The van der Waals surface area contributed by atoms with Crippen molar-refractivity contribution in [1.29, 1.82) is 0 Å². The van der Waals surface area contributed by atoms with Crippen LogP contribution in [0.5, 0.6) is 5.75 Å². The van der Waals surface area contributed by atoms with Crippen molar-refractivity contribution >= 4 is 23.0 Å². The fourth-order valence-corrected chi connectivity index (χ4v) is 3.57. The summed E-state index contributed by atoms with van der Waals surface area (Å²) in [5, 5.41) is 2.52. The number of aromatic nitrogens is 4. The second kappa shape index (κ2) is 11.3. The maximum atomic E-state index is 12.4. The number of imidazole rings is 1. The monoisotopic (exact) mass is 471 g/mol. The molecule has 0 radical (unpaired) electrons. The van der Waals surface area contributed by atoms with Gasteiger partial charge in [-0.05, 0) is 32.4 Å². The number of hydrogen-bond donors (Lipinski definition) is 2. The number of para-hydroxylation sites is 1. The predicted molar refractivity (Wildman–Crippen MR) is 125 cm³/mol. The van der Waals surface area contributed by atoms with Crippen molar-refractivity contribution in [2.24, 2.45) is 0 Å². The van der Waals surface area contributed by atoms with Gasteiger partial charge in [0.15, 0.2) is 11.2 Å². The Morgan fingerprint density at radius 3 is 2.59 bits per heavy atom. The zero-order valence-corrected chi connectivity index (χ0v) is 19.6. The van der Waals surface area contributed by atoms with Crippen LogP contribution >= 0.6 is 0 Å². The van der Waals surface area contributed by atoms with Gasteiger partial charge in [-0.3, -0.25) is 23.9 Å². The number of aryl methyl sites for hydroxylation is 2. The van der Waals surface area contributed by atoms with Crippen LogP contribution in [0.15, 0.2) is 33.9 Å². The van der Waals surface area contributed by atoms with Gasteiger partial charge >= 0.3 is 11.7 Å². The van der Waals surface area contributed by atoms with Crippen molar-refractivity contribution in [3.05, 3.63) is 56.5 Å². The first kappa shape index (κ1) is 24.7. The van der Waals surface area contributed by atoms with E-state index < -0.39 is 23.1 Å². The van der Waals surface area contributed by atoms with E-state index in [0.29, 0.717) is 36.8 Å². The molecule has 0 saturated carbocycles. The number of rotatable bonds is 11. The third-order valence-corrected chi connectivity index (χ3v) is 5.20. The van der Waals surface area contributed by atoms with Gasteiger partial charge in [0.05, 0.1) is 12.2 Å². The maximum Gasteiger partial charge on any atom is 0.330 e. The number of carbonyl (C=O) groups is 2. The van der Waals surface area contributed by atoms with Gasteiger partial charge in [-0.15, -0.1) is 0 Å². The first-order valence-corrected chi connectivity index (χ1v) is 11.3. The number of aromatic amines is 1. The SMILES string of the molecule is CCCCn1c(=O)[nH]c(=O)c2c1nc(COC(=O)CNC(=O)c1ccccc1OCC)n2CC. The predicted octanol–water partition coefficient (Wildman–Crippen LogP) is 1.58. The molecule has 0 saturated heterocycles. The average molecular weight is 472 g/mol. The summed E-state index contributed by atoms with van der Waals surface area (Å²) in [6.45, 7) is 6.27. The van der Waals surface area contributed by atoms with E-state index in [4.69, 9.17) is 9.47 Å². The molecule has 0 fully saturated rings. The van der Waals surface area contributed by atoms with E-state index >= 15 is 0 Å². The molecule has 0 spiro atoms. The fraction of sp³-hybridized carbons (Fsp3) is 0.435. The van der Waals surface area contributed by atoms with Crippen LogP contribution in [-0.4, -0.2) is 44.1 Å². The topological polar surface area (TPSA) is 137 Å². The van der Waals surface area contributed by atoms with E-state index in [1.165, 1.54) is 4.57 Å². The summed E-state index contributed by atoms with van der Waals surface area (Å²) in [7, 11) is 0. The van der Waals surface area contributed by atoms with Crippen LogP contribution in [0.25, 0.3) is 11.2 Å². The number of nitrogens with one attached hydrogen (secondary N) is 2. The van der Waals surface area contributed by atoms with Crippen LogP contribution in [0, 0.1) is 0 Å². The molecule has 1 amide bonds. The first-order valence-electron chi connectivity index (χ1n) is 11.3. The number of ether oxygens (including phenoxy) is 2. The number of nitrogens with zero attached hydrogens (tertiary/aromatic N) is 3. The number of hydrogen-bond acceptors (Lipinski definition) is 7. The van der Waals surface area contributed by atoms with Crippen LogP contribution in [0.1, 0.15) is 49.8 Å².